The van der Waals surface area contributed by atoms with E-state index in [2.05, 4.69) is 33.2 Å². The van der Waals surface area contributed by atoms with Crippen LogP contribution in [0.3, 0.4) is 0 Å². The number of ether oxygens (including phenoxy) is 1. The molecule has 1 N–H and O–H groups in total. The number of pyridine rings is 1. The van der Waals surface area contributed by atoms with Crippen molar-refractivity contribution >= 4 is 45.8 Å². The van der Waals surface area contributed by atoms with E-state index in [1.807, 2.05) is 32.9 Å². The van der Waals surface area contributed by atoms with Gasteiger partial charge in [0.15, 0.2) is 0 Å². The molecule has 1 aliphatic rings. The van der Waals surface area contributed by atoms with Crippen LogP contribution in [0.2, 0.25) is 5.02 Å². The van der Waals surface area contributed by atoms with E-state index in [0.717, 1.165) is 37.3 Å². The number of nitriles is 1. The number of rotatable bonds is 3. The number of aromatic nitrogens is 2. The number of anilines is 3. The van der Waals surface area contributed by atoms with Gasteiger partial charge in [0.25, 0.3) is 0 Å². The van der Waals surface area contributed by atoms with Crippen molar-refractivity contribution in [3.8, 4) is 6.07 Å². The highest BCUT2D eigenvalue weighted by molar-refractivity contribution is 6.36. The summed E-state index contributed by atoms with van der Waals surface area (Å²) in [5.41, 5.74) is 1.94. The molecule has 1 fully saturated rings. The lowest BCUT2D eigenvalue weighted by molar-refractivity contribution is 0.0544. The molecule has 0 saturated carbocycles. The Labute approximate surface area is 198 Å². The van der Waals surface area contributed by atoms with Gasteiger partial charge in [-0.05, 0) is 52.1 Å². The van der Waals surface area contributed by atoms with E-state index < -0.39 is 11.7 Å². The van der Waals surface area contributed by atoms with E-state index in [-0.39, 0.29) is 0 Å². The number of benzene rings is 1. The Morgan fingerprint density at radius 3 is 2.58 bits per heavy atom. The van der Waals surface area contributed by atoms with E-state index in [4.69, 9.17) is 16.3 Å². The van der Waals surface area contributed by atoms with Crippen LogP contribution in [0.15, 0.2) is 36.5 Å². The molecule has 0 unspecified atom stereocenters. The lowest BCUT2D eigenvalue weighted by Gasteiger charge is -2.34. The Bertz CT molecular complexity index is 1230. The van der Waals surface area contributed by atoms with Crippen molar-refractivity contribution in [2.24, 2.45) is 0 Å². The van der Waals surface area contributed by atoms with Crippen LogP contribution in [0.1, 0.15) is 26.5 Å². The predicted molar refractivity (Wildman–Crippen MR) is 131 cm³/mol. The van der Waals surface area contributed by atoms with E-state index in [1.54, 1.807) is 24.4 Å². The number of nitrogens with zero attached hydrogens (tertiary/aromatic N) is 5. The number of fused-ring (bicyclic) bond motifs is 1. The molecule has 0 radical (unpaired) electrons. The molecule has 2 aromatic heterocycles. The minimum Gasteiger partial charge on any atom is -0.443 e. The van der Waals surface area contributed by atoms with Gasteiger partial charge in [-0.25, -0.2) is 9.78 Å². The smallest absolute Gasteiger partial charge is 0.418 e. The fourth-order valence-electron chi connectivity index (χ4n) is 3.77. The summed E-state index contributed by atoms with van der Waals surface area (Å²) in [6.07, 6.45) is 1.17. The molecule has 0 bridgehead atoms. The normalized spacial score (nSPS) is 14.8. The van der Waals surface area contributed by atoms with Gasteiger partial charge in [-0.2, -0.15) is 5.26 Å². The van der Waals surface area contributed by atoms with E-state index >= 15 is 0 Å². The van der Waals surface area contributed by atoms with Gasteiger partial charge in [0, 0.05) is 55.2 Å². The molecule has 1 aliphatic heterocycles. The van der Waals surface area contributed by atoms with Gasteiger partial charge in [0.05, 0.1) is 10.5 Å². The van der Waals surface area contributed by atoms with Crippen molar-refractivity contribution in [1.29, 1.82) is 5.26 Å². The second kappa shape index (κ2) is 8.93. The summed E-state index contributed by atoms with van der Waals surface area (Å²) < 4.78 is 6.95. The Kier molecular flexibility index (Phi) is 6.19. The highest BCUT2D eigenvalue weighted by Crippen LogP contribution is 2.31. The first-order valence-corrected chi connectivity index (χ1v) is 11.2. The largest absolute Gasteiger partial charge is 0.443 e. The van der Waals surface area contributed by atoms with Gasteiger partial charge in [-0.15, -0.1) is 0 Å². The van der Waals surface area contributed by atoms with E-state index in [9.17, 15) is 10.1 Å². The minimum absolute atomic E-state index is 0.332. The molecule has 33 heavy (non-hydrogen) atoms. The summed E-state index contributed by atoms with van der Waals surface area (Å²) in [5.74, 6) is 0.536. The highest BCUT2D eigenvalue weighted by Gasteiger charge is 2.20. The summed E-state index contributed by atoms with van der Waals surface area (Å²) in [5, 5.41) is 14.0. The molecular weight excluding hydrogens is 440 g/mol. The van der Waals surface area contributed by atoms with Crippen LogP contribution >= 0.6 is 11.6 Å². The summed E-state index contributed by atoms with van der Waals surface area (Å²) in [7, 11) is 2.10. The number of hydrogen-bond acceptors (Lipinski definition) is 7. The number of piperazine rings is 1. The molecule has 0 aliphatic carbocycles. The third-order valence-corrected chi connectivity index (χ3v) is 5.73. The van der Waals surface area contributed by atoms with Crippen molar-refractivity contribution < 1.29 is 9.53 Å². The second-order valence-corrected chi connectivity index (χ2v) is 9.59. The second-order valence-electron chi connectivity index (χ2n) is 9.18. The quantitative estimate of drug-likeness (QED) is 0.591. The van der Waals surface area contributed by atoms with Gasteiger partial charge < -0.3 is 19.9 Å². The number of hydrogen-bond donors (Lipinski definition) is 1. The fraction of sp³-hybridized carbons (Fsp3) is 0.375. The molecule has 0 atom stereocenters. The molecule has 4 rings (SSSR count). The van der Waals surface area contributed by atoms with Crippen LogP contribution in [-0.4, -0.2) is 59.4 Å². The monoisotopic (exact) mass is 466 g/mol. The summed E-state index contributed by atoms with van der Waals surface area (Å²) in [6, 6.07) is 11.3. The predicted octanol–water partition coefficient (Wildman–Crippen LogP) is 4.84. The number of halogens is 1. The average Bonchev–Trinajstić information content (AvgIpc) is 3.17. The highest BCUT2D eigenvalue weighted by atomic mass is 35.5. The zero-order valence-electron chi connectivity index (χ0n) is 19.2. The average molecular weight is 467 g/mol. The number of likely N-dealkylation sites (N-methyl/N-ethyl adjacent to an activating group) is 1. The molecule has 0 spiro atoms. The molecule has 1 saturated heterocycles. The topological polar surface area (TPSA) is 86.4 Å². The van der Waals surface area contributed by atoms with Crippen LogP contribution in [0.4, 0.5) is 22.0 Å². The first-order valence-electron chi connectivity index (χ1n) is 10.8. The summed E-state index contributed by atoms with van der Waals surface area (Å²) in [6.45, 7) is 9.15. The van der Waals surface area contributed by atoms with Gasteiger partial charge in [-0.1, -0.05) is 11.6 Å². The number of nitrogens with one attached hydrogen (secondary N) is 1. The molecule has 172 valence electrons. The van der Waals surface area contributed by atoms with Crippen molar-refractivity contribution in [3.63, 3.8) is 0 Å². The van der Waals surface area contributed by atoms with Crippen molar-refractivity contribution in [2.45, 2.75) is 26.4 Å². The SMILES string of the molecule is CN1CCN(c2cc(C#N)nc(Nc3cc(Cl)c4ccn(C(=O)OC(C)(C)C)c4c3)c2)CC1. The number of carbonyl (C=O) groups excluding carboxylic acids is 1. The Hall–Kier alpha value is -3.28. The molecule has 3 heterocycles. The Morgan fingerprint density at radius 1 is 1.18 bits per heavy atom. The molecule has 1 aromatic carbocycles. The van der Waals surface area contributed by atoms with Gasteiger partial charge in [0.2, 0.25) is 0 Å². The minimum atomic E-state index is -0.616. The van der Waals surface area contributed by atoms with Gasteiger partial charge in [0.1, 0.15) is 23.2 Å². The first kappa shape index (κ1) is 22.9. The van der Waals surface area contributed by atoms with E-state index in [0.29, 0.717) is 27.7 Å². The maximum Gasteiger partial charge on any atom is 0.418 e. The van der Waals surface area contributed by atoms with Crippen LogP contribution in [0.25, 0.3) is 10.9 Å². The van der Waals surface area contributed by atoms with Crippen LogP contribution in [-0.2, 0) is 4.74 Å². The van der Waals surface area contributed by atoms with Crippen molar-refractivity contribution in [2.75, 3.05) is 43.4 Å². The fourth-order valence-corrected chi connectivity index (χ4v) is 4.05. The molecule has 9 heteroatoms. The summed E-state index contributed by atoms with van der Waals surface area (Å²) >= 11 is 6.51. The van der Waals surface area contributed by atoms with Crippen LogP contribution < -0.4 is 10.2 Å². The van der Waals surface area contributed by atoms with E-state index in [1.165, 1.54) is 4.57 Å². The molecule has 3 aromatic rings. The van der Waals surface area contributed by atoms with Crippen LogP contribution in [0.5, 0.6) is 0 Å². The molecule has 0 amide bonds. The third kappa shape index (κ3) is 5.21. The first-order chi connectivity index (χ1) is 15.6. The van der Waals surface area contributed by atoms with Crippen LogP contribution in [0, 0.1) is 11.3 Å². The standard InChI is InChI=1S/C24H27ClN6O2/c1-24(2,3)33-23(32)31-6-5-19-20(25)12-16(13-21(19)31)27-22-14-18(11-17(15-26)28-22)30-9-7-29(4)8-10-30/h5-6,11-14H,7-10H2,1-4H3,(H,27,28). The van der Waals surface area contributed by atoms with Crippen molar-refractivity contribution in [3.05, 3.63) is 47.2 Å². The van der Waals surface area contributed by atoms with Gasteiger partial charge >= 0.3 is 6.09 Å². The maximum atomic E-state index is 12.7. The maximum absolute atomic E-state index is 12.7. The zero-order valence-corrected chi connectivity index (χ0v) is 20.0. The third-order valence-electron chi connectivity index (χ3n) is 5.41. The zero-order chi connectivity index (χ0) is 23.8. The Morgan fingerprint density at radius 2 is 1.91 bits per heavy atom. The van der Waals surface area contributed by atoms with Crippen molar-refractivity contribution in [1.82, 2.24) is 14.5 Å². The molecule has 8 nitrogen and oxygen atoms in total. The summed E-state index contributed by atoms with van der Waals surface area (Å²) in [4.78, 5) is 21.6. The van der Waals surface area contributed by atoms with Gasteiger partial charge in [-0.3, -0.25) is 4.57 Å². The Balaban J connectivity index is 1.66. The molecular formula is C24H27ClN6O2. The lowest BCUT2D eigenvalue weighted by atomic mass is 10.2. The number of carbonyl (C=O) groups is 1. The lowest BCUT2D eigenvalue weighted by Crippen LogP contribution is -2.44.